The van der Waals surface area contributed by atoms with Crippen LogP contribution in [0.15, 0.2) is 77.7 Å². The zero-order valence-electron chi connectivity index (χ0n) is 22.1. The number of carbonyl (C=O) groups is 2. The fourth-order valence-corrected chi connectivity index (χ4v) is 5.88. The van der Waals surface area contributed by atoms with E-state index < -0.39 is 28.5 Å². The summed E-state index contributed by atoms with van der Waals surface area (Å²) in [4.78, 5) is 28.5. The number of hydrogen-bond acceptors (Lipinski definition) is 4. The Morgan fingerprint density at radius 1 is 0.895 bits per heavy atom. The molecule has 3 aromatic carbocycles. The Bertz CT molecular complexity index is 1380. The minimum absolute atomic E-state index is 0.0131. The molecule has 0 spiro atoms. The molecule has 0 aliphatic heterocycles. The minimum atomic E-state index is -4.14. The normalized spacial score (nSPS) is 12.0. The zero-order valence-corrected chi connectivity index (χ0v) is 23.7. The highest BCUT2D eigenvalue weighted by atomic mass is 35.5. The molecule has 0 heterocycles. The number of likely N-dealkylation sites (N-methyl/N-ethyl adjacent to an activating group) is 1. The van der Waals surface area contributed by atoms with Gasteiger partial charge in [0.2, 0.25) is 11.8 Å². The number of benzene rings is 3. The first-order valence-electron chi connectivity index (χ1n) is 12.6. The van der Waals surface area contributed by atoms with Crippen LogP contribution < -0.4 is 9.62 Å². The smallest absolute Gasteiger partial charge is 0.264 e. The Hall–Kier alpha value is -3.36. The lowest BCUT2D eigenvalue weighted by Crippen LogP contribution is -2.52. The van der Waals surface area contributed by atoms with Crippen LogP contribution in [0.3, 0.4) is 0 Å². The van der Waals surface area contributed by atoms with Crippen molar-refractivity contribution in [2.45, 2.75) is 51.6 Å². The van der Waals surface area contributed by atoms with Crippen LogP contribution in [0, 0.1) is 13.8 Å². The summed E-state index contributed by atoms with van der Waals surface area (Å²) >= 11 is 6.00. The molecule has 0 unspecified atom stereocenters. The number of anilines is 1. The highest BCUT2D eigenvalue weighted by molar-refractivity contribution is 7.92. The molecule has 202 valence electrons. The Morgan fingerprint density at radius 2 is 1.50 bits per heavy atom. The molecule has 0 radical (unpaired) electrons. The van der Waals surface area contributed by atoms with Gasteiger partial charge in [-0.2, -0.15) is 0 Å². The number of para-hydroxylation sites is 1. The van der Waals surface area contributed by atoms with Crippen LogP contribution in [-0.4, -0.2) is 44.3 Å². The molecule has 0 saturated heterocycles. The molecular formula is C29H34ClN3O4S. The molecule has 0 aliphatic carbocycles. The molecule has 3 rings (SSSR count). The number of hydrogen-bond donors (Lipinski definition) is 1. The fraction of sp³-hybridized carbons (Fsp3) is 0.310. The second kappa shape index (κ2) is 12.9. The standard InChI is InChI=1S/C29H34ClN3O4S/c1-5-26(29(35)31-6-2)32(19-23-13-9-7-11-21(23)3)28(34)20-33(27-14-10-8-12-22(27)4)38(36,37)25-17-15-24(30)16-18-25/h7-18,26H,5-6,19-20H2,1-4H3,(H,31,35)/t26-/m0/s1. The lowest BCUT2D eigenvalue weighted by atomic mass is 10.1. The molecule has 0 saturated carbocycles. The monoisotopic (exact) mass is 555 g/mol. The van der Waals surface area contributed by atoms with Crippen LogP contribution in [0.5, 0.6) is 0 Å². The van der Waals surface area contributed by atoms with Crippen LogP contribution in [0.25, 0.3) is 0 Å². The van der Waals surface area contributed by atoms with Crippen molar-refractivity contribution < 1.29 is 18.0 Å². The van der Waals surface area contributed by atoms with Gasteiger partial charge in [0.1, 0.15) is 12.6 Å². The van der Waals surface area contributed by atoms with E-state index in [1.807, 2.05) is 45.0 Å². The first-order chi connectivity index (χ1) is 18.1. The van der Waals surface area contributed by atoms with Gasteiger partial charge in [-0.3, -0.25) is 13.9 Å². The van der Waals surface area contributed by atoms with Gasteiger partial charge in [-0.05, 0) is 74.2 Å². The maximum atomic E-state index is 14.0. The summed E-state index contributed by atoms with van der Waals surface area (Å²) in [7, 11) is -4.14. The molecule has 0 aliphatic rings. The van der Waals surface area contributed by atoms with E-state index in [2.05, 4.69) is 5.32 Å². The third-order valence-electron chi connectivity index (χ3n) is 6.40. The predicted octanol–water partition coefficient (Wildman–Crippen LogP) is 5.10. The first-order valence-corrected chi connectivity index (χ1v) is 14.4. The number of nitrogens with one attached hydrogen (secondary N) is 1. The number of sulfonamides is 1. The number of carbonyl (C=O) groups excluding carboxylic acids is 2. The second-order valence-electron chi connectivity index (χ2n) is 9.02. The summed E-state index contributed by atoms with van der Waals surface area (Å²) in [6.45, 7) is 7.50. The number of rotatable bonds is 11. The Labute approximate surface area is 230 Å². The lowest BCUT2D eigenvalue weighted by Gasteiger charge is -2.33. The van der Waals surface area contributed by atoms with Crippen LogP contribution in [0.2, 0.25) is 5.02 Å². The van der Waals surface area contributed by atoms with E-state index in [1.165, 1.54) is 29.2 Å². The molecule has 1 atom stereocenters. The third-order valence-corrected chi connectivity index (χ3v) is 8.43. The maximum Gasteiger partial charge on any atom is 0.264 e. The summed E-state index contributed by atoms with van der Waals surface area (Å²) in [6.07, 6.45) is 0.373. The molecule has 0 bridgehead atoms. The van der Waals surface area contributed by atoms with Gasteiger partial charge < -0.3 is 10.2 Å². The van der Waals surface area contributed by atoms with Gasteiger partial charge in [0, 0.05) is 18.1 Å². The Kier molecular flexibility index (Phi) is 9.94. The molecule has 1 N–H and O–H groups in total. The maximum absolute atomic E-state index is 14.0. The number of halogens is 1. The van der Waals surface area contributed by atoms with E-state index in [0.29, 0.717) is 29.2 Å². The van der Waals surface area contributed by atoms with E-state index in [4.69, 9.17) is 11.6 Å². The van der Waals surface area contributed by atoms with Crippen molar-refractivity contribution in [2.75, 3.05) is 17.4 Å². The van der Waals surface area contributed by atoms with E-state index in [1.54, 1.807) is 31.2 Å². The summed E-state index contributed by atoms with van der Waals surface area (Å²) in [5.74, 6) is -0.757. The van der Waals surface area contributed by atoms with Crippen LogP contribution in [0.1, 0.15) is 37.0 Å². The number of aryl methyl sites for hydroxylation is 2. The van der Waals surface area contributed by atoms with Crippen molar-refractivity contribution >= 4 is 39.1 Å². The van der Waals surface area contributed by atoms with Crippen LogP contribution in [0.4, 0.5) is 5.69 Å². The predicted molar refractivity (Wildman–Crippen MR) is 152 cm³/mol. The third kappa shape index (κ3) is 6.74. The molecule has 0 aromatic heterocycles. The SMILES string of the molecule is CCNC(=O)[C@H](CC)N(Cc1ccccc1C)C(=O)CN(c1ccccc1C)S(=O)(=O)c1ccc(Cl)cc1. The van der Waals surface area contributed by atoms with Crippen molar-refractivity contribution in [1.29, 1.82) is 0 Å². The van der Waals surface area contributed by atoms with Gasteiger partial charge in [-0.1, -0.05) is 61.0 Å². The quantitative estimate of drug-likeness (QED) is 0.357. The van der Waals surface area contributed by atoms with Crippen molar-refractivity contribution in [2.24, 2.45) is 0 Å². The van der Waals surface area contributed by atoms with Crippen molar-refractivity contribution in [3.8, 4) is 0 Å². The average molecular weight is 556 g/mol. The lowest BCUT2D eigenvalue weighted by molar-refractivity contribution is -0.140. The molecule has 9 heteroatoms. The van der Waals surface area contributed by atoms with E-state index in [9.17, 15) is 18.0 Å². The number of amides is 2. The fourth-order valence-electron chi connectivity index (χ4n) is 4.27. The van der Waals surface area contributed by atoms with Crippen molar-refractivity contribution in [3.63, 3.8) is 0 Å². The highest BCUT2D eigenvalue weighted by Crippen LogP contribution is 2.28. The summed E-state index contributed by atoms with van der Waals surface area (Å²) < 4.78 is 28.9. The largest absolute Gasteiger partial charge is 0.355 e. The van der Waals surface area contributed by atoms with E-state index in [0.717, 1.165) is 15.4 Å². The second-order valence-corrected chi connectivity index (χ2v) is 11.3. The highest BCUT2D eigenvalue weighted by Gasteiger charge is 2.34. The average Bonchev–Trinajstić information content (AvgIpc) is 2.89. The first kappa shape index (κ1) is 29.2. The summed E-state index contributed by atoms with van der Waals surface area (Å²) in [5, 5.41) is 3.21. The Morgan fingerprint density at radius 3 is 2.08 bits per heavy atom. The van der Waals surface area contributed by atoms with Gasteiger partial charge in [-0.25, -0.2) is 8.42 Å². The Balaban J connectivity index is 2.08. The molecule has 7 nitrogen and oxygen atoms in total. The molecule has 38 heavy (non-hydrogen) atoms. The molecule has 0 fully saturated rings. The van der Waals surface area contributed by atoms with Crippen molar-refractivity contribution in [1.82, 2.24) is 10.2 Å². The summed E-state index contributed by atoms with van der Waals surface area (Å²) in [5.41, 5.74) is 2.93. The van der Waals surface area contributed by atoms with E-state index >= 15 is 0 Å². The van der Waals surface area contributed by atoms with Crippen LogP contribution >= 0.6 is 11.6 Å². The van der Waals surface area contributed by atoms with Gasteiger partial charge in [-0.15, -0.1) is 0 Å². The van der Waals surface area contributed by atoms with Crippen molar-refractivity contribution in [3.05, 3.63) is 94.5 Å². The molecule has 2 amide bonds. The topological polar surface area (TPSA) is 86.8 Å². The van der Waals surface area contributed by atoms with Crippen LogP contribution in [-0.2, 0) is 26.2 Å². The molecule has 3 aromatic rings. The van der Waals surface area contributed by atoms with Gasteiger partial charge in [0.05, 0.1) is 10.6 Å². The summed E-state index contributed by atoms with van der Waals surface area (Å²) in [6, 6.07) is 19.7. The number of nitrogens with zero attached hydrogens (tertiary/aromatic N) is 2. The van der Waals surface area contributed by atoms with Gasteiger partial charge in [0.25, 0.3) is 10.0 Å². The zero-order chi connectivity index (χ0) is 27.9. The molecular weight excluding hydrogens is 522 g/mol. The van der Waals surface area contributed by atoms with Gasteiger partial charge in [0.15, 0.2) is 0 Å². The minimum Gasteiger partial charge on any atom is -0.355 e. The van der Waals surface area contributed by atoms with Gasteiger partial charge >= 0.3 is 0 Å². The van der Waals surface area contributed by atoms with E-state index in [-0.39, 0.29) is 17.3 Å².